The van der Waals surface area contributed by atoms with Crippen molar-refractivity contribution in [3.8, 4) is 0 Å². The molecule has 0 heterocycles. The van der Waals surface area contributed by atoms with Crippen LogP contribution in [0, 0.1) is 10.1 Å². The molecule has 0 bridgehead atoms. The second-order valence-electron chi connectivity index (χ2n) is 4.59. The second kappa shape index (κ2) is 8.59. The number of nitro benzene ring substituents is 1. The normalized spacial score (nSPS) is 13.5. The van der Waals surface area contributed by atoms with Gasteiger partial charge in [0.25, 0.3) is 11.6 Å². The van der Waals surface area contributed by atoms with Gasteiger partial charge in [0, 0.05) is 31.4 Å². The van der Waals surface area contributed by atoms with Crippen LogP contribution in [0.3, 0.4) is 0 Å². The molecule has 1 N–H and O–H groups in total. The molecule has 0 aliphatic heterocycles. The predicted octanol–water partition coefficient (Wildman–Crippen LogP) is 2.75. The van der Waals surface area contributed by atoms with E-state index in [4.69, 9.17) is 16.3 Å². The first kappa shape index (κ1) is 17.4. The molecular formula is C14H19ClN2O4. The Balaban J connectivity index is 2.55. The van der Waals surface area contributed by atoms with Crippen LogP contribution < -0.4 is 5.32 Å². The van der Waals surface area contributed by atoms with Gasteiger partial charge in [-0.3, -0.25) is 14.9 Å². The summed E-state index contributed by atoms with van der Waals surface area (Å²) in [6.07, 6.45) is 1.64. The van der Waals surface area contributed by atoms with Crippen molar-refractivity contribution in [3.63, 3.8) is 0 Å². The summed E-state index contributed by atoms with van der Waals surface area (Å²) in [6, 6.07) is 5.41. The molecule has 0 saturated carbocycles. The van der Waals surface area contributed by atoms with Crippen LogP contribution in [0.1, 0.15) is 30.1 Å². The van der Waals surface area contributed by atoms with E-state index >= 15 is 0 Å². The molecule has 0 radical (unpaired) electrons. The lowest BCUT2D eigenvalue weighted by atomic mass is 10.1. The Morgan fingerprint density at radius 3 is 2.52 bits per heavy atom. The number of ether oxygens (including phenoxy) is 1. The average molecular weight is 315 g/mol. The number of carbonyl (C=O) groups is 1. The second-order valence-corrected chi connectivity index (χ2v) is 5.15. The number of nitro groups is 1. The average Bonchev–Trinajstić information content (AvgIpc) is 2.49. The molecule has 0 spiro atoms. The van der Waals surface area contributed by atoms with Crippen molar-refractivity contribution < 1.29 is 14.5 Å². The van der Waals surface area contributed by atoms with E-state index in [1.165, 1.54) is 24.3 Å². The number of methoxy groups -OCH3 is 1. The highest BCUT2D eigenvalue weighted by molar-refractivity contribution is 6.21. The van der Waals surface area contributed by atoms with Crippen molar-refractivity contribution in [2.45, 2.75) is 31.2 Å². The number of alkyl halides is 1. The fraction of sp³-hybridized carbons (Fsp3) is 0.500. The molecule has 1 amide bonds. The summed E-state index contributed by atoms with van der Waals surface area (Å²) in [5.41, 5.74) is 0.304. The highest BCUT2D eigenvalue weighted by atomic mass is 35.5. The van der Waals surface area contributed by atoms with Gasteiger partial charge in [0.1, 0.15) is 0 Å². The van der Waals surface area contributed by atoms with E-state index in [0.717, 1.165) is 12.8 Å². The Hall–Kier alpha value is -1.66. The zero-order valence-electron chi connectivity index (χ0n) is 12.0. The lowest BCUT2D eigenvalue weighted by molar-refractivity contribution is -0.384. The van der Waals surface area contributed by atoms with Gasteiger partial charge >= 0.3 is 0 Å². The van der Waals surface area contributed by atoms with Gasteiger partial charge in [0.05, 0.1) is 16.4 Å². The molecule has 0 aromatic heterocycles. The Bertz CT molecular complexity index is 478. The highest BCUT2D eigenvalue weighted by Gasteiger charge is 2.19. The lowest BCUT2D eigenvalue weighted by Gasteiger charge is -2.20. The molecule has 6 nitrogen and oxygen atoms in total. The van der Waals surface area contributed by atoms with Gasteiger partial charge in [-0.2, -0.15) is 0 Å². The molecule has 0 fully saturated rings. The minimum Gasteiger partial charge on any atom is -0.380 e. The summed E-state index contributed by atoms with van der Waals surface area (Å²) in [7, 11) is 1.59. The van der Waals surface area contributed by atoms with E-state index in [9.17, 15) is 14.9 Å². The molecule has 21 heavy (non-hydrogen) atoms. The number of hydrogen-bond donors (Lipinski definition) is 1. The highest BCUT2D eigenvalue weighted by Crippen LogP contribution is 2.13. The smallest absolute Gasteiger partial charge is 0.269 e. The van der Waals surface area contributed by atoms with Crippen LogP contribution >= 0.6 is 11.6 Å². The monoisotopic (exact) mass is 314 g/mol. The summed E-state index contributed by atoms with van der Waals surface area (Å²) < 4.78 is 5.27. The third kappa shape index (κ3) is 5.32. The molecule has 0 unspecified atom stereocenters. The molecule has 0 aliphatic carbocycles. The SMILES string of the molecule is CCC[C@@H](OC)[C@H](Cl)CNC(=O)c1ccc([N+](=O)[O-])cc1. The first-order valence-electron chi connectivity index (χ1n) is 6.69. The van der Waals surface area contributed by atoms with Crippen molar-refractivity contribution in [2.24, 2.45) is 0 Å². The molecule has 1 rings (SSSR count). The van der Waals surface area contributed by atoms with E-state index in [2.05, 4.69) is 5.32 Å². The van der Waals surface area contributed by atoms with Crippen LogP contribution in [0.4, 0.5) is 5.69 Å². The molecule has 1 aromatic carbocycles. The van der Waals surface area contributed by atoms with E-state index < -0.39 is 4.92 Å². The first-order chi connectivity index (χ1) is 9.99. The molecule has 116 valence electrons. The first-order valence-corrected chi connectivity index (χ1v) is 7.12. The quantitative estimate of drug-likeness (QED) is 0.454. The number of benzene rings is 1. The van der Waals surface area contributed by atoms with Gasteiger partial charge < -0.3 is 10.1 Å². The third-order valence-electron chi connectivity index (χ3n) is 3.08. The predicted molar refractivity (Wildman–Crippen MR) is 80.8 cm³/mol. The molecule has 7 heteroatoms. The van der Waals surface area contributed by atoms with Gasteiger partial charge in [-0.1, -0.05) is 13.3 Å². The van der Waals surface area contributed by atoms with Crippen LogP contribution in [0.25, 0.3) is 0 Å². The molecule has 1 aromatic rings. The number of rotatable bonds is 8. The van der Waals surface area contributed by atoms with Gasteiger partial charge in [0.2, 0.25) is 0 Å². The molecule has 0 saturated heterocycles. The minimum absolute atomic E-state index is 0.0517. The third-order valence-corrected chi connectivity index (χ3v) is 3.51. The number of carbonyl (C=O) groups excluding carboxylic acids is 1. The van der Waals surface area contributed by atoms with E-state index in [0.29, 0.717) is 5.56 Å². The van der Waals surface area contributed by atoms with Gasteiger partial charge in [-0.25, -0.2) is 0 Å². The Kier molecular flexibility index (Phi) is 7.11. The fourth-order valence-electron chi connectivity index (χ4n) is 1.89. The Morgan fingerprint density at radius 1 is 1.43 bits per heavy atom. The minimum atomic E-state index is -0.510. The van der Waals surface area contributed by atoms with Crippen LogP contribution in [0.5, 0.6) is 0 Å². The van der Waals surface area contributed by atoms with Crippen LogP contribution in [0.2, 0.25) is 0 Å². The van der Waals surface area contributed by atoms with E-state index in [-0.39, 0.29) is 29.6 Å². The molecule has 2 atom stereocenters. The topological polar surface area (TPSA) is 81.5 Å². The van der Waals surface area contributed by atoms with Crippen LogP contribution in [-0.2, 0) is 4.74 Å². The summed E-state index contributed by atoms with van der Waals surface area (Å²) >= 11 is 6.20. The number of halogens is 1. The van der Waals surface area contributed by atoms with Crippen LogP contribution in [-0.4, -0.2) is 36.0 Å². The van der Waals surface area contributed by atoms with Crippen molar-refractivity contribution in [1.29, 1.82) is 0 Å². The van der Waals surface area contributed by atoms with Gasteiger partial charge in [-0.05, 0) is 18.6 Å². The maximum absolute atomic E-state index is 11.9. The number of amides is 1. The zero-order valence-corrected chi connectivity index (χ0v) is 12.8. The van der Waals surface area contributed by atoms with Crippen molar-refractivity contribution in [2.75, 3.05) is 13.7 Å². The maximum Gasteiger partial charge on any atom is 0.269 e. The summed E-state index contributed by atoms with van der Waals surface area (Å²) in [4.78, 5) is 21.9. The fourth-order valence-corrected chi connectivity index (χ4v) is 2.20. The van der Waals surface area contributed by atoms with Crippen molar-refractivity contribution in [1.82, 2.24) is 5.32 Å². The zero-order chi connectivity index (χ0) is 15.8. The lowest BCUT2D eigenvalue weighted by Crippen LogP contribution is -2.36. The number of hydrogen-bond acceptors (Lipinski definition) is 4. The number of nitrogens with zero attached hydrogens (tertiary/aromatic N) is 1. The van der Waals surface area contributed by atoms with Gasteiger partial charge in [0.15, 0.2) is 0 Å². The standard InChI is InChI=1S/C14H19ClN2O4/c1-3-4-13(21-2)12(15)9-16-14(18)10-5-7-11(8-6-10)17(19)20/h5-8,12-13H,3-4,9H2,1-2H3,(H,16,18)/t12-,13-/m1/s1. The Labute approximate surface area is 128 Å². The number of nitrogens with one attached hydrogen (secondary N) is 1. The van der Waals surface area contributed by atoms with E-state index in [1.807, 2.05) is 6.92 Å². The summed E-state index contributed by atoms with van der Waals surface area (Å²) in [6.45, 7) is 2.31. The molecule has 0 aliphatic rings. The summed E-state index contributed by atoms with van der Waals surface area (Å²) in [5.74, 6) is -0.318. The number of non-ortho nitro benzene ring substituents is 1. The van der Waals surface area contributed by atoms with Gasteiger partial charge in [-0.15, -0.1) is 11.6 Å². The van der Waals surface area contributed by atoms with E-state index in [1.54, 1.807) is 7.11 Å². The van der Waals surface area contributed by atoms with Crippen molar-refractivity contribution in [3.05, 3.63) is 39.9 Å². The van der Waals surface area contributed by atoms with Crippen molar-refractivity contribution >= 4 is 23.2 Å². The Morgan fingerprint density at radius 2 is 2.05 bits per heavy atom. The largest absolute Gasteiger partial charge is 0.380 e. The van der Waals surface area contributed by atoms with Crippen LogP contribution in [0.15, 0.2) is 24.3 Å². The maximum atomic E-state index is 11.9. The summed E-state index contributed by atoms with van der Waals surface area (Å²) in [5, 5.41) is 12.9. The molecular weight excluding hydrogens is 296 g/mol.